The molecule has 0 unspecified atom stereocenters. The van der Waals surface area contributed by atoms with Crippen LogP contribution in [0.4, 0.5) is 4.79 Å². The summed E-state index contributed by atoms with van der Waals surface area (Å²) in [6.45, 7) is 1.76. The van der Waals surface area contributed by atoms with Gasteiger partial charge in [-0.25, -0.2) is 0 Å². The first kappa shape index (κ1) is 9.02. The van der Waals surface area contributed by atoms with E-state index >= 15 is 0 Å². The Bertz CT molecular complexity index is 222. The van der Waals surface area contributed by atoms with Gasteiger partial charge in [-0.3, -0.25) is 14.5 Å². The highest BCUT2D eigenvalue weighted by Crippen LogP contribution is 2.23. The van der Waals surface area contributed by atoms with Crippen LogP contribution in [0.3, 0.4) is 0 Å². The number of piperidine rings is 1. The van der Waals surface area contributed by atoms with Crippen LogP contribution in [0.15, 0.2) is 0 Å². The first-order valence-electron chi connectivity index (χ1n) is 4.48. The van der Waals surface area contributed by atoms with Crippen LogP contribution in [0.25, 0.3) is 0 Å². The van der Waals surface area contributed by atoms with E-state index in [2.05, 4.69) is 5.32 Å². The van der Waals surface area contributed by atoms with Crippen LogP contribution in [-0.2, 0) is 4.79 Å². The highest BCUT2D eigenvalue weighted by Gasteiger charge is 2.36. The Morgan fingerprint density at radius 3 is 2.85 bits per heavy atom. The lowest BCUT2D eigenvalue weighted by atomic mass is 10.1. The number of carbonyl (C=O) groups excluding carboxylic acids is 2. The van der Waals surface area contributed by atoms with Crippen LogP contribution >= 0.6 is 11.8 Å². The van der Waals surface area contributed by atoms with Gasteiger partial charge in [0.25, 0.3) is 5.24 Å². The summed E-state index contributed by atoms with van der Waals surface area (Å²) in [7, 11) is 0. The molecule has 0 bridgehead atoms. The van der Waals surface area contributed by atoms with E-state index < -0.39 is 0 Å². The summed E-state index contributed by atoms with van der Waals surface area (Å²) in [6, 6.07) is 0.101. The number of nitrogens with one attached hydrogen (secondary N) is 1. The molecule has 2 aliphatic rings. The minimum absolute atomic E-state index is 0.0244. The number of thioether (sulfide) groups is 1. The second kappa shape index (κ2) is 3.67. The van der Waals surface area contributed by atoms with E-state index in [0.29, 0.717) is 5.75 Å². The molecule has 0 aromatic rings. The van der Waals surface area contributed by atoms with E-state index in [0.717, 1.165) is 37.7 Å². The van der Waals surface area contributed by atoms with Crippen molar-refractivity contribution < 1.29 is 9.59 Å². The normalized spacial score (nSPS) is 29.8. The van der Waals surface area contributed by atoms with Crippen LogP contribution < -0.4 is 5.32 Å². The SMILES string of the molecule is O=C1CSC(=O)N1[C@@H]1CCCNC1. The molecule has 5 heteroatoms. The van der Waals surface area contributed by atoms with Crippen LogP contribution in [0, 0.1) is 0 Å². The molecule has 0 aromatic heterocycles. The van der Waals surface area contributed by atoms with Gasteiger partial charge in [0.1, 0.15) is 0 Å². The smallest absolute Gasteiger partial charge is 0.289 e. The maximum atomic E-state index is 11.3. The van der Waals surface area contributed by atoms with Gasteiger partial charge in [0.2, 0.25) is 5.91 Å². The lowest BCUT2D eigenvalue weighted by Crippen LogP contribution is -2.48. The van der Waals surface area contributed by atoms with E-state index in [1.807, 2.05) is 0 Å². The van der Waals surface area contributed by atoms with Gasteiger partial charge in [-0.05, 0) is 19.4 Å². The Labute approximate surface area is 81.0 Å². The van der Waals surface area contributed by atoms with E-state index in [1.54, 1.807) is 0 Å². The third-order valence-electron chi connectivity index (χ3n) is 2.42. The van der Waals surface area contributed by atoms with Crippen molar-refractivity contribution in [1.29, 1.82) is 0 Å². The van der Waals surface area contributed by atoms with Crippen LogP contribution in [0.5, 0.6) is 0 Å². The molecular weight excluding hydrogens is 188 g/mol. The van der Waals surface area contributed by atoms with E-state index in [-0.39, 0.29) is 17.2 Å². The molecule has 0 radical (unpaired) electrons. The molecule has 13 heavy (non-hydrogen) atoms. The zero-order valence-corrected chi connectivity index (χ0v) is 8.10. The molecule has 72 valence electrons. The molecule has 4 nitrogen and oxygen atoms in total. The minimum atomic E-state index is -0.0706. The molecule has 2 heterocycles. The van der Waals surface area contributed by atoms with Gasteiger partial charge in [0.05, 0.1) is 11.8 Å². The monoisotopic (exact) mass is 200 g/mol. The van der Waals surface area contributed by atoms with Gasteiger partial charge in [0, 0.05) is 6.54 Å². The molecule has 2 rings (SSSR count). The summed E-state index contributed by atoms with van der Waals surface area (Å²) in [5.74, 6) is 0.304. The molecule has 0 spiro atoms. The van der Waals surface area contributed by atoms with Crippen molar-refractivity contribution >= 4 is 22.9 Å². The Morgan fingerprint density at radius 1 is 1.46 bits per heavy atom. The minimum Gasteiger partial charge on any atom is -0.315 e. The zero-order chi connectivity index (χ0) is 9.26. The molecular formula is C8H12N2O2S. The fourth-order valence-corrected chi connectivity index (χ4v) is 2.55. The van der Waals surface area contributed by atoms with Crippen LogP contribution in [0.2, 0.25) is 0 Å². The molecule has 0 saturated carbocycles. The largest absolute Gasteiger partial charge is 0.315 e. The summed E-state index contributed by atoms with van der Waals surface area (Å²) >= 11 is 1.12. The number of amides is 2. The fourth-order valence-electron chi connectivity index (χ4n) is 1.77. The van der Waals surface area contributed by atoms with Gasteiger partial charge < -0.3 is 5.32 Å². The van der Waals surface area contributed by atoms with Gasteiger partial charge in [-0.2, -0.15) is 0 Å². The van der Waals surface area contributed by atoms with Gasteiger partial charge in [0.15, 0.2) is 0 Å². The number of nitrogens with zero attached hydrogens (tertiary/aromatic N) is 1. The number of rotatable bonds is 1. The predicted octanol–water partition coefficient (Wildman–Crippen LogP) is 0.434. The van der Waals surface area contributed by atoms with E-state index in [1.165, 1.54) is 4.90 Å². The maximum absolute atomic E-state index is 11.3. The molecule has 1 N–H and O–H groups in total. The molecule has 2 saturated heterocycles. The second-order valence-electron chi connectivity index (χ2n) is 3.32. The molecule has 2 amide bonds. The highest BCUT2D eigenvalue weighted by atomic mass is 32.2. The van der Waals surface area contributed by atoms with Crippen molar-refractivity contribution in [3.8, 4) is 0 Å². The third-order valence-corrected chi connectivity index (χ3v) is 3.26. The Balaban J connectivity index is 2.05. The number of hydrogen-bond acceptors (Lipinski definition) is 4. The van der Waals surface area contributed by atoms with Crippen molar-refractivity contribution in [1.82, 2.24) is 10.2 Å². The number of hydrogen-bond donors (Lipinski definition) is 1. The van der Waals surface area contributed by atoms with Crippen LogP contribution in [0.1, 0.15) is 12.8 Å². The topological polar surface area (TPSA) is 49.4 Å². The summed E-state index contributed by atoms with van der Waals surface area (Å²) in [5, 5.41) is 3.13. The van der Waals surface area contributed by atoms with Crippen molar-refractivity contribution in [2.24, 2.45) is 0 Å². The fraction of sp³-hybridized carbons (Fsp3) is 0.750. The first-order chi connectivity index (χ1) is 6.29. The Kier molecular flexibility index (Phi) is 2.55. The highest BCUT2D eigenvalue weighted by molar-refractivity contribution is 8.14. The number of carbonyl (C=O) groups is 2. The second-order valence-corrected chi connectivity index (χ2v) is 4.25. The van der Waals surface area contributed by atoms with Crippen LogP contribution in [-0.4, -0.2) is 40.9 Å². The molecule has 2 fully saturated rings. The van der Waals surface area contributed by atoms with Crippen molar-refractivity contribution in [3.63, 3.8) is 0 Å². The molecule has 0 aromatic carbocycles. The Morgan fingerprint density at radius 2 is 2.31 bits per heavy atom. The molecule has 0 aliphatic carbocycles. The van der Waals surface area contributed by atoms with Crippen molar-refractivity contribution in [2.45, 2.75) is 18.9 Å². The number of imide groups is 1. The quantitative estimate of drug-likeness (QED) is 0.667. The Hall–Kier alpha value is -0.550. The lowest BCUT2D eigenvalue weighted by molar-refractivity contribution is -0.126. The maximum Gasteiger partial charge on any atom is 0.289 e. The van der Waals surface area contributed by atoms with E-state index in [9.17, 15) is 9.59 Å². The standard InChI is InChI=1S/C8H12N2O2S/c11-7-5-13-8(12)10(7)6-2-1-3-9-4-6/h6,9H,1-5H2/t6-/m1/s1. The first-order valence-corrected chi connectivity index (χ1v) is 5.47. The van der Waals surface area contributed by atoms with Gasteiger partial charge in [-0.1, -0.05) is 11.8 Å². The van der Waals surface area contributed by atoms with Gasteiger partial charge in [-0.15, -0.1) is 0 Å². The summed E-state index contributed by atoms with van der Waals surface area (Å²) in [6.07, 6.45) is 2.00. The average Bonchev–Trinajstić information content (AvgIpc) is 2.48. The zero-order valence-electron chi connectivity index (χ0n) is 7.28. The summed E-state index contributed by atoms with van der Waals surface area (Å²) < 4.78 is 0. The third kappa shape index (κ3) is 1.71. The lowest BCUT2D eigenvalue weighted by Gasteiger charge is -2.29. The van der Waals surface area contributed by atoms with E-state index in [4.69, 9.17) is 0 Å². The van der Waals surface area contributed by atoms with Crippen molar-refractivity contribution in [2.75, 3.05) is 18.8 Å². The predicted molar refractivity (Wildman–Crippen MR) is 50.6 cm³/mol. The van der Waals surface area contributed by atoms with Gasteiger partial charge >= 0.3 is 0 Å². The average molecular weight is 200 g/mol. The van der Waals surface area contributed by atoms with Crippen molar-refractivity contribution in [3.05, 3.63) is 0 Å². The molecule has 1 atom stereocenters. The molecule has 2 aliphatic heterocycles. The summed E-state index contributed by atoms with van der Waals surface area (Å²) in [4.78, 5) is 24.1. The summed E-state index contributed by atoms with van der Waals surface area (Å²) in [5.41, 5.74) is 0.